The van der Waals surface area contributed by atoms with Gasteiger partial charge in [0.15, 0.2) is 0 Å². The lowest BCUT2D eigenvalue weighted by Gasteiger charge is -2.25. The number of hydrogen-bond acceptors (Lipinski definition) is 8. The van der Waals surface area contributed by atoms with E-state index in [0.717, 1.165) is 6.92 Å². The van der Waals surface area contributed by atoms with E-state index in [4.69, 9.17) is 31.7 Å². The highest BCUT2D eigenvalue weighted by molar-refractivity contribution is 6.17. The van der Waals surface area contributed by atoms with Crippen LogP contribution in [0.25, 0.3) is 0 Å². The molecule has 0 aromatic carbocycles. The third-order valence-electron chi connectivity index (χ3n) is 2.27. The highest BCUT2D eigenvalue weighted by atomic mass is 35.5. The van der Waals surface area contributed by atoms with Crippen LogP contribution in [0.15, 0.2) is 0 Å². The molecular weight excluding hydrogens is 322 g/mol. The maximum atomic E-state index is 10.6. The summed E-state index contributed by atoms with van der Waals surface area (Å²) in [5.41, 5.74) is 0. The van der Waals surface area contributed by atoms with Crippen molar-refractivity contribution < 1.29 is 39.9 Å². The number of aliphatic hydroxyl groups excluding tert-OH is 5. The zero-order valence-corrected chi connectivity index (χ0v) is 13.0. The fourth-order valence-electron chi connectivity index (χ4n) is 1.20. The minimum Gasteiger partial charge on any atom is -0.394 e. The van der Waals surface area contributed by atoms with Crippen LogP contribution in [0.2, 0.25) is 0 Å². The van der Waals surface area contributed by atoms with Crippen LogP contribution in [-0.2, 0) is 14.3 Å². The number of nitrogens with one attached hydrogen (secondary N) is 1. The van der Waals surface area contributed by atoms with E-state index in [1.165, 1.54) is 0 Å². The van der Waals surface area contributed by atoms with Crippen LogP contribution in [0.3, 0.4) is 0 Å². The van der Waals surface area contributed by atoms with Crippen LogP contribution in [-0.4, -0.2) is 94.4 Å². The molecule has 10 heteroatoms. The third kappa shape index (κ3) is 11.8. The Kier molecular flexibility index (Phi) is 16.1. The van der Waals surface area contributed by atoms with E-state index in [0.29, 0.717) is 19.1 Å². The van der Waals surface area contributed by atoms with E-state index in [2.05, 4.69) is 5.32 Å². The summed E-state index contributed by atoms with van der Waals surface area (Å²) in [6, 6.07) is -1.32. The van der Waals surface area contributed by atoms with Crippen molar-refractivity contribution in [3.63, 3.8) is 0 Å². The molecule has 0 saturated carbocycles. The summed E-state index contributed by atoms with van der Waals surface area (Å²) in [4.78, 5) is 21.1. The molecule has 0 bridgehead atoms. The van der Waals surface area contributed by atoms with Gasteiger partial charge in [-0.25, -0.2) is 0 Å². The molecule has 0 aromatic heterocycles. The molecular formula is C12H24ClNO8. The molecule has 0 heterocycles. The molecule has 1 amide bonds. The summed E-state index contributed by atoms with van der Waals surface area (Å²) in [6.45, 7) is 1.38. The smallest absolute Gasteiger partial charge is 0.217 e. The topological polar surface area (TPSA) is 157 Å². The fourth-order valence-corrected chi connectivity index (χ4v) is 1.31. The van der Waals surface area contributed by atoms with Crippen molar-refractivity contribution in [1.29, 1.82) is 0 Å². The minimum absolute atomic E-state index is 0.0802. The summed E-state index contributed by atoms with van der Waals surface area (Å²) >= 11 is 5.23. The Bertz CT molecular complexity index is 290. The summed E-state index contributed by atoms with van der Waals surface area (Å²) in [7, 11) is 0. The van der Waals surface area contributed by atoms with Gasteiger partial charge < -0.3 is 40.4 Å². The first kappa shape index (κ1) is 23.5. The van der Waals surface area contributed by atoms with E-state index in [1.807, 2.05) is 0 Å². The van der Waals surface area contributed by atoms with Crippen LogP contribution < -0.4 is 5.32 Å². The van der Waals surface area contributed by atoms with Crippen LogP contribution >= 0.6 is 11.6 Å². The van der Waals surface area contributed by atoms with Crippen molar-refractivity contribution in [2.24, 2.45) is 0 Å². The standard InChI is InChI=1S/C8H15NO6.C4H9ClO2/c1-4(12)9-5(2-10)7(14)8(15)6(13)3-11;5-1-3-7-4-2-6/h2,5-8,11,13-15H,3H2,1H3,(H,9,12);6H,1-4H2/t5-,6+,7+,8+;/m0./s1. The van der Waals surface area contributed by atoms with Crippen LogP contribution in [0.4, 0.5) is 0 Å². The van der Waals surface area contributed by atoms with Gasteiger partial charge in [0.25, 0.3) is 0 Å². The Hall–Kier alpha value is -0.810. The van der Waals surface area contributed by atoms with E-state index < -0.39 is 36.9 Å². The lowest BCUT2D eigenvalue weighted by Crippen LogP contribution is -2.53. The third-order valence-corrected chi connectivity index (χ3v) is 2.43. The maximum Gasteiger partial charge on any atom is 0.217 e. The van der Waals surface area contributed by atoms with Crippen LogP contribution in [0.1, 0.15) is 6.92 Å². The highest BCUT2D eigenvalue weighted by Gasteiger charge is 2.31. The molecule has 0 saturated heterocycles. The molecule has 0 rings (SSSR count). The number of hydrogen-bond donors (Lipinski definition) is 6. The van der Waals surface area contributed by atoms with Crippen molar-refractivity contribution in [3.05, 3.63) is 0 Å². The predicted octanol–water partition coefficient (Wildman–Crippen LogP) is -3.00. The fraction of sp³-hybridized carbons (Fsp3) is 0.833. The van der Waals surface area contributed by atoms with Gasteiger partial charge in [0.1, 0.15) is 30.6 Å². The van der Waals surface area contributed by atoms with Crippen molar-refractivity contribution >= 4 is 23.8 Å². The average molecular weight is 346 g/mol. The van der Waals surface area contributed by atoms with Crippen LogP contribution in [0.5, 0.6) is 0 Å². The number of amides is 1. The Balaban J connectivity index is 0. The number of alkyl halides is 1. The molecule has 0 aliphatic carbocycles. The monoisotopic (exact) mass is 345 g/mol. The van der Waals surface area contributed by atoms with E-state index >= 15 is 0 Å². The Morgan fingerprint density at radius 3 is 2.18 bits per heavy atom. The molecule has 0 aromatic rings. The number of aliphatic hydroxyl groups is 5. The lowest BCUT2D eigenvalue weighted by molar-refractivity contribution is -0.129. The molecule has 0 fully saturated rings. The highest BCUT2D eigenvalue weighted by Crippen LogP contribution is 2.03. The zero-order chi connectivity index (χ0) is 17.5. The minimum atomic E-state index is -1.71. The SMILES string of the molecule is CC(=O)N[C@@H](C=O)[C@@H](O)[C@H](O)[C@H](O)CO.OCCOCCCl. The van der Waals surface area contributed by atoms with Gasteiger partial charge in [-0.2, -0.15) is 0 Å². The maximum absolute atomic E-state index is 10.6. The number of rotatable bonds is 10. The Morgan fingerprint density at radius 1 is 1.23 bits per heavy atom. The zero-order valence-electron chi connectivity index (χ0n) is 12.3. The van der Waals surface area contributed by atoms with Crippen LogP contribution in [0, 0.1) is 0 Å². The van der Waals surface area contributed by atoms with Gasteiger partial charge >= 0.3 is 0 Å². The summed E-state index contributed by atoms with van der Waals surface area (Å²) in [5, 5.41) is 46.3. The van der Waals surface area contributed by atoms with Crippen molar-refractivity contribution in [2.75, 3.05) is 32.3 Å². The normalized spacial score (nSPS) is 15.8. The van der Waals surface area contributed by atoms with Crippen molar-refractivity contribution in [2.45, 2.75) is 31.3 Å². The first-order chi connectivity index (χ1) is 10.3. The molecule has 0 aliphatic rings. The van der Waals surface area contributed by atoms with Crippen molar-refractivity contribution in [1.82, 2.24) is 5.32 Å². The van der Waals surface area contributed by atoms with Gasteiger partial charge in [-0.3, -0.25) is 4.79 Å². The Morgan fingerprint density at radius 2 is 1.82 bits per heavy atom. The van der Waals surface area contributed by atoms with E-state index in [1.54, 1.807) is 0 Å². The molecule has 6 N–H and O–H groups in total. The molecule has 9 nitrogen and oxygen atoms in total. The second kappa shape index (κ2) is 15.1. The first-order valence-electron chi connectivity index (χ1n) is 6.47. The number of aldehydes is 1. The Labute approximate surface area is 133 Å². The average Bonchev–Trinajstić information content (AvgIpc) is 2.51. The molecule has 4 atom stereocenters. The quantitative estimate of drug-likeness (QED) is 0.139. The number of ether oxygens (including phenoxy) is 1. The van der Waals surface area contributed by atoms with Gasteiger partial charge in [0, 0.05) is 12.8 Å². The van der Waals surface area contributed by atoms with Gasteiger partial charge in [-0.05, 0) is 0 Å². The summed E-state index contributed by atoms with van der Waals surface area (Å²) < 4.78 is 4.75. The predicted molar refractivity (Wildman–Crippen MR) is 77.4 cm³/mol. The molecule has 0 radical (unpaired) electrons. The second-order valence-electron chi connectivity index (χ2n) is 4.12. The first-order valence-corrected chi connectivity index (χ1v) is 7.01. The molecule has 0 aliphatic heterocycles. The molecule has 0 spiro atoms. The molecule has 132 valence electrons. The van der Waals surface area contributed by atoms with E-state index in [9.17, 15) is 19.8 Å². The van der Waals surface area contributed by atoms with Gasteiger partial charge in [0.05, 0.1) is 26.4 Å². The summed E-state index contributed by atoms with van der Waals surface area (Å²) in [5.74, 6) is -0.0585. The van der Waals surface area contributed by atoms with Crippen molar-refractivity contribution in [3.8, 4) is 0 Å². The van der Waals surface area contributed by atoms with Gasteiger partial charge in [-0.1, -0.05) is 0 Å². The molecule has 0 unspecified atom stereocenters. The second-order valence-corrected chi connectivity index (χ2v) is 4.50. The largest absolute Gasteiger partial charge is 0.394 e. The summed E-state index contributed by atoms with van der Waals surface area (Å²) in [6.07, 6.45) is -4.72. The van der Waals surface area contributed by atoms with Gasteiger partial charge in [-0.15, -0.1) is 11.6 Å². The lowest BCUT2D eigenvalue weighted by atomic mass is 10.0. The van der Waals surface area contributed by atoms with Gasteiger partial charge in [0.2, 0.25) is 5.91 Å². The number of carbonyl (C=O) groups is 2. The molecule has 22 heavy (non-hydrogen) atoms. The number of halogens is 1. The number of carbonyl (C=O) groups excluding carboxylic acids is 2. The van der Waals surface area contributed by atoms with E-state index in [-0.39, 0.29) is 12.9 Å².